The second kappa shape index (κ2) is 6.49. The number of halogens is 5. The number of esters is 1. The van der Waals surface area contributed by atoms with Crippen molar-refractivity contribution in [3.05, 3.63) is 27.4 Å². The molecule has 0 spiro atoms. The van der Waals surface area contributed by atoms with E-state index in [9.17, 15) is 36.9 Å². The number of ether oxygens (including phenoxy) is 2. The number of alkyl halides is 5. The first-order chi connectivity index (χ1) is 10.1. The van der Waals surface area contributed by atoms with Crippen LogP contribution in [0.2, 0.25) is 0 Å². The van der Waals surface area contributed by atoms with Gasteiger partial charge in [-0.1, -0.05) is 0 Å². The van der Waals surface area contributed by atoms with Gasteiger partial charge < -0.3 is 19.6 Å². The molecule has 0 radical (unpaired) electrons. The summed E-state index contributed by atoms with van der Waals surface area (Å²) < 4.78 is 70.3. The summed E-state index contributed by atoms with van der Waals surface area (Å²) >= 11 is 0. The van der Waals surface area contributed by atoms with Gasteiger partial charge in [-0.2, -0.15) is 0 Å². The van der Waals surface area contributed by atoms with Gasteiger partial charge >= 0.3 is 18.1 Å². The van der Waals surface area contributed by atoms with Gasteiger partial charge in [0.1, 0.15) is 6.20 Å². The second-order valence-corrected chi connectivity index (χ2v) is 3.70. The molecule has 0 unspecified atom stereocenters. The van der Waals surface area contributed by atoms with Crippen molar-refractivity contribution in [2.75, 3.05) is 7.11 Å². The lowest BCUT2D eigenvalue weighted by molar-refractivity contribution is -0.393. The van der Waals surface area contributed by atoms with Crippen molar-refractivity contribution in [3.63, 3.8) is 0 Å². The summed E-state index contributed by atoms with van der Waals surface area (Å²) in [4.78, 5) is 23.4. The second-order valence-electron chi connectivity index (χ2n) is 3.70. The number of carbonyl (C=O) groups excluding carboxylic acids is 1. The van der Waals surface area contributed by atoms with Crippen LogP contribution in [0.3, 0.4) is 0 Å². The van der Waals surface area contributed by atoms with Gasteiger partial charge in [0, 0.05) is 5.56 Å². The predicted octanol–water partition coefficient (Wildman–Crippen LogP) is 2.54. The van der Waals surface area contributed by atoms with E-state index >= 15 is 0 Å². The molecule has 0 aliphatic rings. The zero-order chi connectivity index (χ0) is 17.1. The fourth-order valence-corrected chi connectivity index (χ4v) is 1.47. The van der Waals surface area contributed by atoms with Crippen molar-refractivity contribution in [3.8, 4) is 5.75 Å². The number of nitrogens with zero attached hydrogens (tertiary/aromatic N) is 2. The van der Waals surface area contributed by atoms with Gasteiger partial charge in [0.05, 0.1) is 19.1 Å². The van der Waals surface area contributed by atoms with Crippen LogP contribution in [0.15, 0.2) is 6.20 Å². The van der Waals surface area contributed by atoms with Gasteiger partial charge in [0.15, 0.2) is 0 Å². The average Bonchev–Trinajstić information content (AvgIpc) is 2.37. The quantitative estimate of drug-likeness (QED) is 0.357. The van der Waals surface area contributed by atoms with Crippen LogP contribution < -0.4 is 4.74 Å². The Bertz CT molecular complexity index is 590. The molecule has 122 valence electrons. The van der Waals surface area contributed by atoms with Crippen molar-refractivity contribution in [1.29, 1.82) is 0 Å². The Balaban J connectivity index is 3.57. The molecule has 0 aliphatic carbocycles. The Hall–Kier alpha value is -2.53. The van der Waals surface area contributed by atoms with Crippen molar-refractivity contribution >= 4 is 11.8 Å². The lowest BCUT2D eigenvalue weighted by Gasteiger charge is -2.14. The Labute approximate surface area is 118 Å². The number of rotatable bonds is 5. The van der Waals surface area contributed by atoms with E-state index in [1.807, 2.05) is 0 Å². The first-order valence-corrected chi connectivity index (χ1v) is 5.33. The molecule has 0 aliphatic heterocycles. The molecular formula is C10H7F5N2O5. The minimum absolute atomic E-state index is 0.310. The molecule has 0 aromatic carbocycles. The van der Waals surface area contributed by atoms with Crippen molar-refractivity contribution in [1.82, 2.24) is 4.98 Å². The molecule has 0 atom stereocenters. The zero-order valence-corrected chi connectivity index (χ0v) is 10.7. The number of pyridine rings is 1. The molecule has 7 nitrogen and oxygen atoms in total. The number of aromatic nitrogens is 1. The maximum atomic E-state index is 12.8. The molecule has 0 amide bonds. The van der Waals surface area contributed by atoms with Gasteiger partial charge in [0.2, 0.25) is 5.75 Å². The fraction of sp³-hybridized carbons (Fsp3) is 0.400. The average molecular weight is 330 g/mol. The summed E-state index contributed by atoms with van der Waals surface area (Å²) in [6.45, 7) is 0. The summed E-state index contributed by atoms with van der Waals surface area (Å²) in [5.41, 5.74) is -2.11. The smallest absolute Gasteiger partial charge is 0.469 e. The number of carbonyl (C=O) groups is 1. The number of methoxy groups -OCH3 is 1. The van der Waals surface area contributed by atoms with Gasteiger partial charge in [-0.15, -0.1) is 13.2 Å². The van der Waals surface area contributed by atoms with Crippen LogP contribution in [-0.2, 0) is 16.0 Å². The molecule has 0 fully saturated rings. The highest BCUT2D eigenvalue weighted by molar-refractivity contribution is 5.75. The molecule has 22 heavy (non-hydrogen) atoms. The van der Waals surface area contributed by atoms with Gasteiger partial charge in [-0.05, 0) is 9.91 Å². The topological polar surface area (TPSA) is 91.6 Å². The number of nitro groups is 1. The van der Waals surface area contributed by atoms with Crippen molar-refractivity contribution in [2.24, 2.45) is 0 Å². The fourth-order valence-electron chi connectivity index (χ4n) is 1.47. The van der Waals surface area contributed by atoms with Crippen LogP contribution in [0, 0.1) is 10.1 Å². The van der Waals surface area contributed by atoms with Crippen LogP contribution in [0.1, 0.15) is 17.6 Å². The molecule has 1 aromatic heterocycles. The Morgan fingerprint density at radius 2 is 2.05 bits per heavy atom. The van der Waals surface area contributed by atoms with E-state index in [4.69, 9.17) is 0 Å². The Kier molecular flexibility index (Phi) is 5.17. The van der Waals surface area contributed by atoms with E-state index in [-0.39, 0.29) is 0 Å². The number of hydrogen-bond acceptors (Lipinski definition) is 6. The van der Waals surface area contributed by atoms with E-state index in [2.05, 4.69) is 14.5 Å². The molecule has 1 heterocycles. The maximum absolute atomic E-state index is 12.8. The monoisotopic (exact) mass is 330 g/mol. The molecule has 12 heteroatoms. The molecule has 0 N–H and O–H groups in total. The lowest BCUT2D eigenvalue weighted by atomic mass is 10.1. The predicted molar refractivity (Wildman–Crippen MR) is 58.3 cm³/mol. The van der Waals surface area contributed by atoms with E-state index in [0.717, 1.165) is 7.11 Å². The first kappa shape index (κ1) is 17.5. The van der Waals surface area contributed by atoms with E-state index in [1.165, 1.54) is 0 Å². The number of hydrogen-bond donors (Lipinski definition) is 0. The largest absolute Gasteiger partial charge is 0.573 e. The minimum Gasteiger partial charge on any atom is -0.469 e. The molecule has 1 rings (SSSR count). The summed E-state index contributed by atoms with van der Waals surface area (Å²) in [7, 11) is 0.865. The van der Waals surface area contributed by atoms with Crippen LogP contribution in [0.5, 0.6) is 5.75 Å². The van der Waals surface area contributed by atoms with Gasteiger partial charge in [-0.3, -0.25) is 4.79 Å². The Morgan fingerprint density at radius 1 is 1.45 bits per heavy atom. The normalized spacial score (nSPS) is 11.4. The first-order valence-electron chi connectivity index (χ1n) is 5.33. The third kappa shape index (κ3) is 4.23. The van der Waals surface area contributed by atoms with Crippen LogP contribution in [-0.4, -0.2) is 29.3 Å². The maximum Gasteiger partial charge on any atom is 0.573 e. The minimum atomic E-state index is -5.40. The van der Waals surface area contributed by atoms with Crippen molar-refractivity contribution in [2.45, 2.75) is 19.2 Å². The highest BCUT2D eigenvalue weighted by atomic mass is 19.4. The highest BCUT2D eigenvalue weighted by Crippen LogP contribution is 2.38. The Morgan fingerprint density at radius 3 is 2.45 bits per heavy atom. The van der Waals surface area contributed by atoms with E-state index in [1.54, 1.807) is 0 Å². The van der Waals surface area contributed by atoms with Crippen LogP contribution in [0.25, 0.3) is 0 Å². The highest BCUT2D eigenvalue weighted by Gasteiger charge is 2.39. The third-order valence-corrected chi connectivity index (χ3v) is 2.33. The van der Waals surface area contributed by atoms with Gasteiger partial charge in [0.25, 0.3) is 6.43 Å². The van der Waals surface area contributed by atoms with Crippen molar-refractivity contribution < 1.29 is 41.1 Å². The summed E-state index contributed by atoms with van der Waals surface area (Å²) in [5, 5.41) is 10.7. The summed E-state index contributed by atoms with van der Waals surface area (Å²) in [6.07, 6.45) is -9.50. The lowest BCUT2D eigenvalue weighted by Crippen LogP contribution is -2.21. The molecule has 0 bridgehead atoms. The van der Waals surface area contributed by atoms with Crippen LogP contribution in [0.4, 0.5) is 27.8 Å². The zero-order valence-electron chi connectivity index (χ0n) is 10.7. The third-order valence-electron chi connectivity index (χ3n) is 2.33. The SMILES string of the molecule is COC(=O)Cc1c(C(F)F)cnc([N+](=O)[O-])c1OC(F)(F)F. The summed E-state index contributed by atoms with van der Waals surface area (Å²) in [6, 6.07) is 0. The van der Waals surface area contributed by atoms with Gasteiger partial charge in [-0.25, -0.2) is 8.78 Å². The van der Waals surface area contributed by atoms with E-state index in [0.29, 0.717) is 6.20 Å². The molecular weight excluding hydrogens is 323 g/mol. The standard InChI is InChI=1S/C10H7F5N2O5/c1-21-6(18)2-4-5(8(11)12)3-16-9(17(19)20)7(4)22-10(13,14)15/h3,8H,2H2,1H3. The summed E-state index contributed by atoms with van der Waals surface area (Å²) in [5.74, 6) is -4.20. The van der Waals surface area contributed by atoms with Crippen LogP contribution >= 0.6 is 0 Å². The van der Waals surface area contributed by atoms with E-state index < -0.39 is 52.8 Å². The molecule has 0 saturated carbocycles. The molecule has 0 saturated heterocycles. The molecule has 1 aromatic rings.